The van der Waals surface area contributed by atoms with E-state index in [-0.39, 0.29) is 17.4 Å². The van der Waals surface area contributed by atoms with Crippen molar-refractivity contribution in [3.8, 4) is 0 Å². The first-order chi connectivity index (χ1) is 9.38. The molecule has 1 aromatic rings. The van der Waals surface area contributed by atoms with Crippen molar-refractivity contribution in [1.82, 2.24) is 5.32 Å². The molecule has 0 spiro atoms. The average Bonchev–Trinajstić information content (AvgIpc) is 2.42. The van der Waals surface area contributed by atoms with Crippen molar-refractivity contribution in [2.45, 2.75) is 52.0 Å². The van der Waals surface area contributed by atoms with Crippen LogP contribution in [0.3, 0.4) is 0 Å². The summed E-state index contributed by atoms with van der Waals surface area (Å²) in [4.78, 5) is 11.5. The molecule has 112 valence electrons. The Kier molecular flexibility index (Phi) is 6.21. The minimum atomic E-state index is -0.182. The molecule has 0 radical (unpaired) electrons. The van der Waals surface area contributed by atoms with Crippen LogP contribution in [0.4, 0.5) is 0 Å². The van der Waals surface area contributed by atoms with Crippen LogP contribution in [0.1, 0.15) is 57.7 Å². The van der Waals surface area contributed by atoms with E-state index < -0.39 is 0 Å². The topological polar surface area (TPSA) is 38.3 Å². The van der Waals surface area contributed by atoms with Crippen molar-refractivity contribution >= 4 is 5.97 Å². The number of hydrogen-bond donors (Lipinski definition) is 1. The highest BCUT2D eigenvalue weighted by Gasteiger charge is 2.18. The SMILES string of the molecule is CCCNC(CC(=O)OC)c1ccc(C(C)(C)C)cc1. The van der Waals surface area contributed by atoms with E-state index in [0.717, 1.165) is 18.5 Å². The van der Waals surface area contributed by atoms with Gasteiger partial charge in [0, 0.05) is 6.04 Å². The van der Waals surface area contributed by atoms with Crippen molar-refractivity contribution in [3.63, 3.8) is 0 Å². The Morgan fingerprint density at radius 3 is 2.30 bits per heavy atom. The standard InChI is InChI=1S/C17H27NO2/c1-6-11-18-15(12-16(19)20-5)13-7-9-14(10-8-13)17(2,3)4/h7-10,15,18H,6,11-12H2,1-5H3. The largest absolute Gasteiger partial charge is 0.469 e. The van der Waals surface area contributed by atoms with Crippen LogP contribution in [-0.4, -0.2) is 19.6 Å². The first kappa shape index (κ1) is 16.7. The second-order valence-corrected chi connectivity index (χ2v) is 6.16. The molecule has 0 saturated heterocycles. The minimum Gasteiger partial charge on any atom is -0.469 e. The molecule has 3 nitrogen and oxygen atoms in total. The van der Waals surface area contributed by atoms with E-state index in [9.17, 15) is 4.79 Å². The summed E-state index contributed by atoms with van der Waals surface area (Å²) in [6.07, 6.45) is 1.41. The number of esters is 1. The van der Waals surface area contributed by atoms with E-state index in [2.05, 4.69) is 57.3 Å². The fourth-order valence-electron chi connectivity index (χ4n) is 2.09. The minimum absolute atomic E-state index is 0.0245. The Hall–Kier alpha value is -1.35. The molecule has 3 heteroatoms. The fraction of sp³-hybridized carbons (Fsp3) is 0.588. The average molecular weight is 277 g/mol. The Bertz CT molecular complexity index is 418. The van der Waals surface area contributed by atoms with E-state index in [1.165, 1.54) is 12.7 Å². The Morgan fingerprint density at radius 2 is 1.85 bits per heavy atom. The molecule has 0 saturated carbocycles. The normalized spacial score (nSPS) is 13.1. The molecular formula is C17H27NO2. The molecule has 0 bridgehead atoms. The van der Waals surface area contributed by atoms with Gasteiger partial charge in [-0.25, -0.2) is 0 Å². The predicted molar refractivity (Wildman–Crippen MR) is 82.8 cm³/mol. The van der Waals surface area contributed by atoms with E-state index in [0.29, 0.717) is 6.42 Å². The maximum Gasteiger partial charge on any atom is 0.307 e. The van der Waals surface area contributed by atoms with E-state index in [1.54, 1.807) is 0 Å². The number of ether oxygens (including phenoxy) is 1. The van der Waals surface area contributed by atoms with Crippen LogP contribution in [0.5, 0.6) is 0 Å². The van der Waals surface area contributed by atoms with Crippen LogP contribution in [0.25, 0.3) is 0 Å². The van der Waals surface area contributed by atoms with Crippen LogP contribution < -0.4 is 5.32 Å². The van der Waals surface area contributed by atoms with Crippen LogP contribution in [-0.2, 0) is 14.9 Å². The molecular weight excluding hydrogens is 250 g/mol. The maximum absolute atomic E-state index is 11.5. The van der Waals surface area contributed by atoms with Gasteiger partial charge in [0.25, 0.3) is 0 Å². The molecule has 0 aliphatic rings. The number of nitrogens with one attached hydrogen (secondary N) is 1. The summed E-state index contributed by atoms with van der Waals surface area (Å²) in [6.45, 7) is 9.60. The molecule has 1 unspecified atom stereocenters. The predicted octanol–water partition coefficient (Wildman–Crippen LogP) is 3.59. The van der Waals surface area contributed by atoms with Crippen LogP contribution >= 0.6 is 0 Å². The quantitative estimate of drug-likeness (QED) is 0.808. The molecule has 0 fully saturated rings. The van der Waals surface area contributed by atoms with Crippen molar-refractivity contribution < 1.29 is 9.53 Å². The molecule has 20 heavy (non-hydrogen) atoms. The van der Waals surface area contributed by atoms with Gasteiger partial charge in [-0.3, -0.25) is 4.79 Å². The van der Waals surface area contributed by atoms with Crippen molar-refractivity contribution in [2.24, 2.45) is 0 Å². The van der Waals surface area contributed by atoms with E-state index in [4.69, 9.17) is 4.74 Å². The Labute approximate surface area is 122 Å². The molecule has 1 N–H and O–H groups in total. The van der Waals surface area contributed by atoms with Gasteiger partial charge in [-0.15, -0.1) is 0 Å². The number of benzene rings is 1. The first-order valence-electron chi connectivity index (χ1n) is 7.29. The van der Waals surface area contributed by atoms with Gasteiger partial charge in [0.2, 0.25) is 0 Å². The number of carbonyl (C=O) groups excluding carboxylic acids is 1. The lowest BCUT2D eigenvalue weighted by molar-refractivity contribution is -0.141. The summed E-state index contributed by atoms with van der Waals surface area (Å²) in [5, 5.41) is 3.41. The molecule has 1 aromatic carbocycles. The number of hydrogen-bond acceptors (Lipinski definition) is 3. The van der Waals surface area contributed by atoms with Crippen LogP contribution in [0.2, 0.25) is 0 Å². The highest BCUT2D eigenvalue weighted by atomic mass is 16.5. The van der Waals surface area contributed by atoms with Crippen LogP contribution in [0.15, 0.2) is 24.3 Å². The molecule has 0 heterocycles. The van der Waals surface area contributed by atoms with Gasteiger partial charge in [-0.2, -0.15) is 0 Å². The molecule has 0 aliphatic carbocycles. The molecule has 0 aromatic heterocycles. The molecule has 0 amide bonds. The summed E-state index contributed by atoms with van der Waals surface area (Å²) < 4.78 is 4.78. The summed E-state index contributed by atoms with van der Waals surface area (Å²) in [6, 6.07) is 8.53. The summed E-state index contributed by atoms with van der Waals surface area (Å²) >= 11 is 0. The number of rotatable bonds is 6. The van der Waals surface area contributed by atoms with Gasteiger partial charge in [-0.1, -0.05) is 52.0 Å². The van der Waals surface area contributed by atoms with Crippen molar-refractivity contribution in [2.75, 3.05) is 13.7 Å². The monoisotopic (exact) mass is 277 g/mol. The van der Waals surface area contributed by atoms with Gasteiger partial charge in [0.15, 0.2) is 0 Å². The molecule has 1 atom stereocenters. The third-order valence-electron chi connectivity index (χ3n) is 3.42. The van der Waals surface area contributed by atoms with Crippen molar-refractivity contribution in [1.29, 1.82) is 0 Å². The zero-order valence-corrected chi connectivity index (χ0v) is 13.3. The lowest BCUT2D eigenvalue weighted by Gasteiger charge is -2.22. The second-order valence-electron chi connectivity index (χ2n) is 6.16. The smallest absolute Gasteiger partial charge is 0.307 e. The van der Waals surface area contributed by atoms with E-state index in [1.807, 2.05) is 0 Å². The summed E-state index contributed by atoms with van der Waals surface area (Å²) in [5.41, 5.74) is 2.58. The lowest BCUT2D eigenvalue weighted by atomic mass is 9.86. The Morgan fingerprint density at radius 1 is 1.25 bits per heavy atom. The van der Waals surface area contributed by atoms with E-state index >= 15 is 0 Å². The highest BCUT2D eigenvalue weighted by molar-refractivity contribution is 5.70. The number of carbonyl (C=O) groups is 1. The summed E-state index contributed by atoms with van der Waals surface area (Å²) in [5.74, 6) is -0.182. The third kappa shape index (κ3) is 4.97. The van der Waals surface area contributed by atoms with Gasteiger partial charge in [0.05, 0.1) is 13.5 Å². The van der Waals surface area contributed by atoms with Gasteiger partial charge < -0.3 is 10.1 Å². The van der Waals surface area contributed by atoms with Crippen LogP contribution in [0, 0.1) is 0 Å². The molecule has 0 aliphatic heterocycles. The van der Waals surface area contributed by atoms with Gasteiger partial charge in [0.1, 0.15) is 0 Å². The Balaban J connectivity index is 2.87. The van der Waals surface area contributed by atoms with Gasteiger partial charge in [-0.05, 0) is 29.5 Å². The number of methoxy groups -OCH3 is 1. The zero-order valence-electron chi connectivity index (χ0n) is 13.3. The summed E-state index contributed by atoms with van der Waals surface area (Å²) in [7, 11) is 1.43. The zero-order chi connectivity index (χ0) is 15.2. The fourth-order valence-corrected chi connectivity index (χ4v) is 2.09. The first-order valence-corrected chi connectivity index (χ1v) is 7.29. The second kappa shape index (κ2) is 7.44. The third-order valence-corrected chi connectivity index (χ3v) is 3.42. The van der Waals surface area contributed by atoms with Gasteiger partial charge >= 0.3 is 5.97 Å². The maximum atomic E-state index is 11.5. The van der Waals surface area contributed by atoms with Crippen molar-refractivity contribution in [3.05, 3.63) is 35.4 Å². The lowest BCUT2D eigenvalue weighted by Crippen LogP contribution is -2.25. The highest BCUT2D eigenvalue weighted by Crippen LogP contribution is 2.25. The molecule has 1 rings (SSSR count).